The Morgan fingerprint density at radius 2 is 2.04 bits per heavy atom. The van der Waals surface area contributed by atoms with Gasteiger partial charge in [-0.15, -0.1) is 24.0 Å². The second kappa shape index (κ2) is 14.0. The van der Waals surface area contributed by atoms with E-state index in [4.69, 9.17) is 4.74 Å². The van der Waals surface area contributed by atoms with E-state index in [1.807, 2.05) is 6.92 Å². The first-order valence-corrected chi connectivity index (χ1v) is 10.7. The Labute approximate surface area is 170 Å². The molecule has 0 aromatic carbocycles. The number of sulfonamides is 1. The quantitative estimate of drug-likeness (QED) is 0.246. The summed E-state index contributed by atoms with van der Waals surface area (Å²) in [5.74, 6) is 1.29. The van der Waals surface area contributed by atoms with E-state index in [0.29, 0.717) is 25.0 Å². The van der Waals surface area contributed by atoms with E-state index in [-0.39, 0.29) is 35.8 Å². The van der Waals surface area contributed by atoms with Crippen LogP contribution >= 0.6 is 24.0 Å². The molecule has 1 aliphatic rings. The Morgan fingerprint density at radius 3 is 2.64 bits per heavy atom. The maximum absolute atomic E-state index is 12.0. The summed E-state index contributed by atoms with van der Waals surface area (Å²) in [5, 5.41) is 6.21. The van der Waals surface area contributed by atoms with Crippen LogP contribution in [0.3, 0.4) is 0 Å². The highest BCUT2D eigenvalue weighted by Crippen LogP contribution is 2.11. The molecule has 9 heteroatoms. The molecule has 0 aliphatic carbocycles. The number of rotatable bonds is 10. The summed E-state index contributed by atoms with van der Waals surface area (Å²) in [6.45, 7) is 9.21. The molecular formula is C16H35IN4O3S. The number of halogens is 1. The fraction of sp³-hybridized carbons (Fsp3) is 0.938. The first-order valence-electron chi connectivity index (χ1n) is 9.04. The van der Waals surface area contributed by atoms with Crippen molar-refractivity contribution in [3.8, 4) is 0 Å². The van der Waals surface area contributed by atoms with Gasteiger partial charge in [-0.3, -0.25) is 4.99 Å². The average Bonchev–Trinajstić information content (AvgIpc) is 2.53. The van der Waals surface area contributed by atoms with Gasteiger partial charge in [0, 0.05) is 32.8 Å². The lowest BCUT2D eigenvalue weighted by atomic mass is 10.1. The highest BCUT2D eigenvalue weighted by atomic mass is 127. The summed E-state index contributed by atoms with van der Waals surface area (Å²) in [6.07, 6.45) is 4.12. The van der Waals surface area contributed by atoms with Gasteiger partial charge in [-0.25, -0.2) is 13.1 Å². The molecule has 0 aromatic rings. The minimum atomic E-state index is -3.30. The molecular weight excluding hydrogens is 455 g/mol. The van der Waals surface area contributed by atoms with Crippen molar-refractivity contribution in [3.63, 3.8) is 0 Å². The van der Waals surface area contributed by atoms with Crippen LogP contribution in [-0.2, 0) is 14.8 Å². The van der Waals surface area contributed by atoms with Crippen LogP contribution in [0.25, 0.3) is 0 Å². The molecule has 25 heavy (non-hydrogen) atoms. The fourth-order valence-corrected chi connectivity index (χ4v) is 3.30. The molecule has 0 saturated carbocycles. The van der Waals surface area contributed by atoms with Crippen molar-refractivity contribution in [2.75, 3.05) is 38.5 Å². The molecule has 1 aliphatic heterocycles. The fourth-order valence-electron chi connectivity index (χ4n) is 2.34. The maximum atomic E-state index is 12.0. The Balaban J connectivity index is 0.00000576. The summed E-state index contributed by atoms with van der Waals surface area (Å²) >= 11 is 0. The SMILES string of the molecule is CCNC(=NCCC(C)C)NCCS(=O)(=O)NCC1CCCCO1.I. The van der Waals surface area contributed by atoms with E-state index >= 15 is 0 Å². The Kier molecular flexibility index (Phi) is 13.9. The molecule has 1 saturated heterocycles. The highest BCUT2D eigenvalue weighted by molar-refractivity contribution is 14.0. The minimum absolute atomic E-state index is 0. The smallest absolute Gasteiger partial charge is 0.213 e. The van der Waals surface area contributed by atoms with E-state index in [0.717, 1.165) is 45.4 Å². The van der Waals surface area contributed by atoms with Crippen molar-refractivity contribution in [3.05, 3.63) is 0 Å². The zero-order valence-electron chi connectivity index (χ0n) is 15.7. The molecule has 0 spiro atoms. The molecule has 1 heterocycles. The van der Waals surface area contributed by atoms with Crippen molar-refractivity contribution in [1.29, 1.82) is 0 Å². The second-order valence-electron chi connectivity index (χ2n) is 6.53. The minimum Gasteiger partial charge on any atom is -0.377 e. The molecule has 0 bridgehead atoms. The van der Waals surface area contributed by atoms with Crippen molar-refractivity contribution in [2.45, 2.75) is 52.6 Å². The van der Waals surface area contributed by atoms with Gasteiger partial charge in [0.2, 0.25) is 10.0 Å². The summed E-state index contributed by atoms with van der Waals surface area (Å²) in [4.78, 5) is 4.45. The number of hydrogen-bond acceptors (Lipinski definition) is 4. The van der Waals surface area contributed by atoms with Gasteiger partial charge in [-0.1, -0.05) is 13.8 Å². The Bertz CT molecular complexity index is 466. The van der Waals surface area contributed by atoms with Gasteiger partial charge in [-0.2, -0.15) is 0 Å². The van der Waals surface area contributed by atoms with Crippen LogP contribution in [0, 0.1) is 5.92 Å². The van der Waals surface area contributed by atoms with E-state index in [1.165, 1.54) is 0 Å². The Hall–Kier alpha value is -0.130. The van der Waals surface area contributed by atoms with Crippen LogP contribution in [-0.4, -0.2) is 59.0 Å². The molecule has 1 unspecified atom stereocenters. The third-order valence-corrected chi connectivity index (χ3v) is 5.14. The normalized spacial score (nSPS) is 18.7. The second-order valence-corrected chi connectivity index (χ2v) is 8.45. The number of hydrogen-bond donors (Lipinski definition) is 3. The lowest BCUT2D eigenvalue weighted by Gasteiger charge is -2.22. The molecule has 0 radical (unpaired) electrons. The molecule has 1 atom stereocenters. The number of ether oxygens (including phenoxy) is 1. The highest BCUT2D eigenvalue weighted by Gasteiger charge is 2.17. The zero-order chi connectivity index (χ0) is 17.8. The molecule has 0 aromatic heterocycles. The predicted molar refractivity (Wildman–Crippen MR) is 114 cm³/mol. The maximum Gasteiger partial charge on any atom is 0.213 e. The average molecular weight is 490 g/mol. The van der Waals surface area contributed by atoms with Crippen molar-refractivity contribution < 1.29 is 13.2 Å². The first-order chi connectivity index (χ1) is 11.4. The van der Waals surface area contributed by atoms with E-state index in [2.05, 4.69) is 34.2 Å². The van der Waals surface area contributed by atoms with Gasteiger partial charge < -0.3 is 15.4 Å². The lowest BCUT2D eigenvalue weighted by Crippen LogP contribution is -2.42. The molecule has 7 nitrogen and oxygen atoms in total. The Morgan fingerprint density at radius 1 is 1.28 bits per heavy atom. The molecule has 1 fully saturated rings. The van der Waals surface area contributed by atoms with Crippen molar-refractivity contribution in [1.82, 2.24) is 15.4 Å². The van der Waals surface area contributed by atoms with E-state index in [1.54, 1.807) is 0 Å². The third kappa shape index (κ3) is 12.8. The van der Waals surface area contributed by atoms with Crippen LogP contribution in [0.4, 0.5) is 0 Å². The summed E-state index contributed by atoms with van der Waals surface area (Å²) in [6, 6.07) is 0. The number of nitrogens with one attached hydrogen (secondary N) is 3. The standard InChI is InChI=1S/C16H34N4O3S.HI/c1-4-17-16(18-9-8-14(2)3)19-10-12-24(21,22)20-13-15-7-5-6-11-23-15;/h14-15,20H,4-13H2,1-3H3,(H2,17,18,19);1H. The number of guanidine groups is 1. The zero-order valence-corrected chi connectivity index (χ0v) is 18.9. The topological polar surface area (TPSA) is 91.8 Å². The molecule has 1 rings (SSSR count). The lowest BCUT2D eigenvalue weighted by molar-refractivity contribution is 0.0200. The number of aliphatic imine (C=N–C) groups is 1. The number of nitrogens with zero attached hydrogens (tertiary/aromatic N) is 1. The van der Waals surface area contributed by atoms with Crippen LogP contribution in [0.2, 0.25) is 0 Å². The van der Waals surface area contributed by atoms with Crippen LogP contribution in [0.5, 0.6) is 0 Å². The molecule has 150 valence electrons. The van der Waals surface area contributed by atoms with Gasteiger partial charge in [0.1, 0.15) is 0 Å². The summed E-state index contributed by atoms with van der Waals surface area (Å²) < 4.78 is 32.3. The predicted octanol–water partition coefficient (Wildman–Crippen LogP) is 1.69. The van der Waals surface area contributed by atoms with Gasteiger partial charge in [-0.05, 0) is 38.5 Å². The molecule has 3 N–H and O–H groups in total. The molecule has 0 amide bonds. The van der Waals surface area contributed by atoms with Gasteiger partial charge in [0.15, 0.2) is 5.96 Å². The van der Waals surface area contributed by atoms with Crippen LogP contribution in [0.1, 0.15) is 46.5 Å². The third-order valence-electron chi connectivity index (χ3n) is 3.79. The van der Waals surface area contributed by atoms with Gasteiger partial charge in [0.05, 0.1) is 11.9 Å². The monoisotopic (exact) mass is 490 g/mol. The van der Waals surface area contributed by atoms with Crippen LogP contribution < -0.4 is 15.4 Å². The van der Waals surface area contributed by atoms with Gasteiger partial charge >= 0.3 is 0 Å². The first kappa shape index (κ1) is 24.9. The van der Waals surface area contributed by atoms with E-state index in [9.17, 15) is 8.42 Å². The summed E-state index contributed by atoms with van der Waals surface area (Å²) in [7, 11) is -3.30. The van der Waals surface area contributed by atoms with Crippen LogP contribution in [0.15, 0.2) is 4.99 Å². The van der Waals surface area contributed by atoms with Crippen molar-refractivity contribution in [2.24, 2.45) is 10.9 Å². The largest absolute Gasteiger partial charge is 0.377 e. The van der Waals surface area contributed by atoms with Crippen molar-refractivity contribution >= 4 is 40.0 Å². The van der Waals surface area contributed by atoms with E-state index < -0.39 is 10.0 Å². The summed E-state index contributed by atoms with van der Waals surface area (Å²) in [5.41, 5.74) is 0. The van der Waals surface area contributed by atoms with Gasteiger partial charge in [0.25, 0.3) is 0 Å².